The summed E-state index contributed by atoms with van der Waals surface area (Å²) in [5.74, 6) is -1.90. The Morgan fingerprint density at radius 2 is 1.80 bits per heavy atom. The molecule has 0 saturated carbocycles. The van der Waals surface area contributed by atoms with Crippen LogP contribution in [0, 0.1) is 0 Å². The smallest absolute Gasteiger partial charge is 0.336 e. The molecule has 2 aromatic carbocycles. The maximum atomic E-state index is 11.2. The Labute approximate surface area is 119 Å². The molecule has 2 N–H and O–H groups in total. The van der Waals surface area contributed by atoms with Crippen LogP contribution < -0.4 is 0 Å². The molecule has 0 bridgehead atoms. The molecule has 20 heavy (non-hydrogen) atoms. The molecule has 0 spiro atoms. The molecule has 0 atom stereocenters. The number of hydrogen-bond acceptors (Lipinski definition) is 3. The molecule has 100 valence electrons. The number of carboxylic acids is 2. The van der Waals surface area contributed by atoms with E-state index in [1.165, 1.54) is 11.8 Å². The standard InChI is InChI=1S/C15H10O4S/c16-14(17)9-5-4-8-6-11-10(15(18)19)2-1-3-12(11)20-13(8)7-9/h1-5,7H,6H2,(H,16,17)(H,18,19). The SMILES string of the molecule is O=C(O)c1ccc2c(c1)Sc1cccc(C(=O)O)c1C2. The van der Waals surface area contributed by atoms with Crippen LogP contribution in [0.1, 0.15) is 31.8 Å². The quantitative estimate of drug-likeness (QED) is 0.757. The van der Waals surface area contributed by atoms with Crippen molar-refractivity contribution in [1.82, 2.24) is 0 Å². The maximum absolute atomic E-state index is 11.2. The largest absolute Gasteiger partial charge is 0.478 e. The summed E-state index contributed by atoms with van der Waals surface area (Å²) in [5.41, 5.74) is 2.30. The minimum Gasteiger partial charge on any atom is -0.478 e. The molecule has 1 aliphatic heterocycles. The van der Waals surface area contributed by atoms with E-state index >= 15 is 0 Å². The lowest BCUT2D eigenvalue weighted by molar-refractivity contribution is 0.0685. The highest BCUT2D eigenvalue weighted by atomic mass is 32.2. The number of carboxylic acid groups (broad SMARTS) is 2. The van der Waals surface area contributed by atoms with Crippen molar-refractivity contribution in [3.05, 3.63) is 58.7 Å². The van der Waals surface area contributed by atoms with Crippen LogP contribution in [-0.4, -0.2) is 22.2 Å². The fraction of sp³-hybridized carbons (Fsp3) is 0.0667. The fourth-order valence-electron chi connectivity index (χ4n) is 2.28. The molecule has 0 radical (unpaired) electrons. The van der Waals surface area contributed by atoms with Gasteiger partial charge in [-0.3, -0.25) is 0 Å². The van der Waals surface area contributed by atoms with Gasteiger partial charge in [0.25, 0.3) is 0 Å². The van der Waals surface area contributed by atoms with Crippen molar-refractivity contribution in [3.8, 4) is 0 Å². The minimum atomic E-state index is -0.960. The van der Waals surface area contributed by atoms with E-state index in [1.54, 1.807) is 30.3 Å². The van der Waals surface area contributed by atoms with Gasteiger partial charge >= 0.3 is 11.9 Å². The van der Waals surface area contributed by atoms with Crippen molar-refractivity contribution in [2.24, 2.45) is 0 Å². The van der Waals surface area contributed by atoms with Gasteiger partial charge in [-0.25, -0.2) is 9.59 Å². The summed E-state index contributed by atoms with van der Waals surface area (Å²) in [5, 5.41) is 18.2. The Morgan fingerprint density at radius 1 is 1.00 bits per heavy atom. The molecule has 1 heterocycles. The Bertz CT molecular complexity index is 737. The van der Waals surface area contributed by atoms with Crippen LogP contribution in [-0.2, 0) is 6.42 Å². The van der Waals surface area contributed by atoms with Crippen LogP contribution >= 0.6 is 11.8 Å². The average Bonchev–Trinajstić information content (AvgIpc) is 2.43. The monoisotopic (exact) mass is 286 g/mol. The van der Waals surface area contributed by atoms with Gasteiger partial charge in [0.05, 0.1) is 11.1 Å². The van der Waals surface area contributed by atoms with Crippen molar-refractivity contribution in [1.29, 1.82) is 0 Å². The number of rotatable bonds is 2. The molecule has 0 amide bonds. The second-order valence-corrected chi connectivity index (χ2v) is 5.58. The molecule has 2 aromatic rings. The van der Waals surface area contributed by atoms with Crippen molar-refractivity contribution < 1.29 is 19.8 Å². The van der Waals surface area contributed by atoms with Gasteiger partial charge in [0.2, 0.25) is 0 Å². The Balaban J connectivity index is 2.08. The zero-order chi connectivity index (χ0) is 14.3. The van der Waals surface area contributed by atoms with Crippen molar-refractivity contribution >= 4 is 23.7 Å². The van der Waals surface area contributed by atoms with E-state index in [2.05, 4.69) is 0 Å². The van der Waals surface area contributed by atoms with Crippen molar-refractivity contribution in [2.75, 3.05) is 0 Å². The van der Waals surface area contributed by atoms with Crippen LogP contribution in [0.2, 0.25) is 0 Å². The first-order valence-corrected chi connectivity index (χ1v) is 6.77. The number of carbonyl (C=O) groups is 2. The summed E-state index contributed by atoms with van der Waals surface area (Å²) >= 11 is 1.42. The van der Waals surface area contributed by atoms with Gasteiger partial charge in [-0.2, -0.15) is 0 Å². The summed E-state index contributed by atoms with van der Waals surface area (Å²) in [6.07, 6.45) is 0.514. The molecule has 0 fully saturated rings. The Hall–Kier alpha value is -2.27. The molecule has 5 heteroatoms. The van der Waals surface area contributed by atoms with Gasteiger partial charge < -0.3 is 10.2 Å². The molecule has 0 aliphatic carbocycles. The molecule has 0 saturated heterocycles. The van der Waals surface area contributed by atoms with Gasteiger partial charge in [-0.05, 0) is 35.4 Å². The minimum absolute atomic E-state index is 0.245. The Kier molecular flexibility index (Phi) is 2.99. The van der Waals surface area contributed by atoms with Crippen LogP contribution in [0.5, 0.6) is 0 Å². The molecule has 3 rings (SSSR count). The van der Waals surface area contributed by atoms with Gasteiger partial charge in [-0.15, -0.1) is 0 Å². The zero-order valence-corrected chi connectivity index (χ0v) is 11.1. The highest BCUT2D eigenvalue weighted by molar-refractivity contribution is 7.99. The highest BCUT2D eigenvalue weighted by Gasteiger charge is 2.22. The third-order valence-corrected chi connectivity index (χ3v) is 4.47. The first-order chi connectivity index (χ1) is 9.56. The zero-order valence-electron chi connectivity index (χ0n) is 10.3. The number of aromatic carboxylic acids is 2. The van der Waals surface area contributed by atoms with E-state index in [1.807, 2.05) is 6.07 Å². The Morgan fingerprint density at radius 3 is 2.50 bits per heavy atom. The van der Waals surface area contributed by atoms with Crippen LogP contribution in [0.15, 0.2) is 46.2 Å². The van der Waals surface area contributed by atoms with E-state index in [-0.39, 0.29) is 5.56 Å². The summed E-state index contributed by atoms with van der Waals surface area (Å²) in [6.45, 7) is 0. The van der Waals surface area contributed by atoms with Crippen molar-refractivity contribution in [2.45, 2.75) is 16.2 Å². The van der Waals surface area contributed by atoms with Gasteiger partial charge in [0.1, 0.15) is 0 Å². The fourth-order valence-corrected chi connectivity index (χ4v) is 3.43. The van der Waals surface area contributed by atoms with E-state index in [0.29, 0.717) is 12.0 Å². The molecule has 1 aliphatic rings. The molecular weight excluding hydrogens is 276 g/mol. The summed E-state index contributed by atoms with van der Waals surface area (Å²) in [7, 11) is 0. The lowest BCUT2D eigenvalue weighted by Crippen LogP contribution is -2.09. The van der Waals surface area contributed by atoms with Gasteiger partial charge in [0, 0.05) is 16.2 Å². The number of fused-ring (bicyclic) bond motifs is 2. The maximum Gasteiger partial charge on any atom is 0.336 e. The molecule has 0 aromatic heterocycles. The van der Waals surface area contributed by atoms with E-state index in [9.17, 15) is 14.7 Å². The third kappa shape index (κ3) is 2.06. The number of benzene rings is 2. The van der Waals surface area contributed by atoms with E-state index < -0.39 is 11.9 Å². The number of hydrogen-bond donors (Lipinski definition) is 2. The highest BCUT2D eigenvalue weighted by Crippen LogP contribution is 2.41. The normalized spacial score (nSPS) is 12.4. The predicted octanol–water partition coefficient (Wildman–Crippen LogP) is 3.14. The van der Waals surface area contributed by atoms with E-state index in [0.717, 1.165) is 20.9 Å². The van der Waals surface area contributed by atoms with Crippen LogP contribution in [0.3, 0.4) is 0 Å². The predicted molar refractivity (Wildman–Crippen MR) is 73.7 cm³/mol. The van der Waals surface area contributed by atoms with Gasteiger partial charge in [0.15, 0.2) is 0 Å². The molecule has 0 unspecified atom stereocenters. The average molecular weight is 286 g/mol. The third-order valence-electron chi connectivity index (χ3n) is 3.26. The lowest BCUT2D eigenvalue weighted by atomic mass is 9.98. The topological polar surface area (TPSA) is 74.6 Å². The lowest BCUT2D eigenvalue weighted by Gasteiger charge is -2.20. The van der Waals surface area contributed by atoms with Crippen LogP contribution in [0.25, 0.3) is 0 Å². The van der Waals surface area contributed by atoms with E-state index in [4.69, 9.17) is 5.11 Å². The second kappa shape index (κ2) is 4.68. The molecular formula is C15H10O4S. The summed E-state index contributed by atoms with van der Waals surface area (Å²) in [6, 6.07) is 10.1. The van der Waals surface area contributed by atoms with Crippen LogP contribution in [0.4, 0.5) is 0 Å². The summed E-state index contributed by atoms with van der Waals surface area (Å²) in [4.78, 5) is 24.0. The molecule has 4 nitrogen and oxygen atoms in total. The first-order valence-electron chi connectivity index (χ1n) is 5.95. The van der Waals surface area contributed by atoms with Crippen molar-refractivity contribution in [3.63, 3.8) is 0 Å². The van der Waals surface area contributed by atoms with Gasteiger partial charge in [-0.1, -0.05) is 23.9 Å². The second-order valence-electron chi connectivity index (χ2n) is 4.49. The summed E-state index contributed by atoms with van der Waals surface area (Å²) < 4.78 is 0. The first kappa shape index (κ1) is 12.7.